The normalized spacial score (nSPS) is 13.1. The second-order valence-electron chi connectivity index (χ2n) is 10.1. The van der Waals surface area contributed by atoms with Crippen molar-refractivity contribution in [3.8, 4) is 0 Å². The smallest absolute Gasteiger partial charge is 0.315 e. The van der Waals surface area contributed by atoms with Gasteiger partial charge in [0, 0.05) is 24.7 Å². The molecule has 0 bridgehead atoms. The van der Waals surface area contributed by atoms with Crippen LogP contribution in [0.15, 0.2) is 24.3 Å². The number of urea groups is 1. The fraction of sp³-hybridized carbons (Fsp3) is 0.667. The van der Waals surface area contributed by atoms with Crippen molar-refractivity contribution in [2.24, 2.45) is 11.3 Å². The minimum absolute atomic E-state index is 0.0703. The predicted molar refractivity (Wildman–Crippen MR) is 127 cm³/mol. The maximum absolute atomic E-state index is 13.4. The molecule has 176 valence electrons. The van der Waals surface area contributed by atoms with Crippen LogP contribution in [0.5, 0.6) is 0 Å². The Kier molecular flexibility index (Phi) is 10.3. The van der Waals surface area contributed by atoms with E-state index in [0.717, 1.165) is 12.8 Å². The van der Waals surface area contributed by atoms with Gasteiger partial charge in [0.25, 0.3) is 0 Å². The second kappa shape index (κ2) is 11.7. The van der Waals surface area contributed by atoms with E-state index >= 15 is 0 Å². The molecule has 1 aromatic rings. The SMILES string of the molecule is CCCN(CC(C)(C)Cc1ccc(Cl)cc1)C(=O)C(NC(=O)NCC(C)(C)O)C(C)C. The van der Waals surface area contributed by atoms with Crippen LogP contribution in [0.1, 0.15) is 60.5 Å². The maximum Gasteiger partial charge on any atom is 0.315 e. The number of nitrogens with one attached hydrogen (secondary N) is 2. The highest BCUT2D eigenvalue weighted by atomic mass is 35.5. The number of hydrogen-bond donors (Lipinski definition) is 3. The third-order valence-electron chi connectivity index (χ3n) is 4.92. The van der Waals surface area contributed by atoms with Gasteiger partial charge in [-0.05, 0) is 55.7 Å². The highest BCUT2D eigenvalue weighted by molar-refractivity contribution is 6.30. The molecule has 0 saturated carbocycles. The first-order chi connectivity index (χ1) is 14.2. The van der Waals surface area contributed by atoms with Gasteiger partial charge in [-0.3, -0.25) is 4.79 Å². The molecule has 0 radical (unpaired) electrons. The van der Waals surface area contributed by atoms with Gasteiger partial charge in [0.05, 0.1) is 5.60 Å². The zero-order chi connectivity index (χ0) is 23.8. The largest absolute Gasteiger partial charge is 0.389 e. The summed E-state index contributed by atoms with van der Waals surface area (Å²) in [5, 5.41) is 16.0. The summed E-state index contributed by atoms with van der Waals surface area (Å²) in [6, 6.07) is 6.70. The number of carbonyl (C=O) groups excluding carboxylic acids is 2. The van der Waals surface area contributed by atoms with Crippen LogP contribution >= 0.6 is 11.6 Å². The minimum Gasteiger partial charge on any atom is -0.389 e. The molecule has 7 heteroatoms. The number of amides is 3. The van der Waals surface area contributed by atoms with Crippen LogP contribution in [0, 0.1) is 11.3 Å². The molecule has 0 spiro atoms. The van der Waals surface area contributed by atoms with Crippen LogP contribution in [0.25, 0.3) is 0 Å². The van der Waals surface area contributed by atoms with Crippen molar-refractivity contribution in [1.29, 1.82) is 0 Å². The number of rotatable bonds is 11. The Morgan fingerprint density at radius 2 is 1.71 bits per heavy atom. The van der Waals surface area contributed by atoms with Gasteiger partial charge in [-0.15, -0.1) is 0 Å². The van der Waals surface area contributed by atoms with Gasteiger partial charge < -0.3 is 20.6 Å². The monoisotopic (exact) mass is 453 g/mol. The highest BCUT2D eigenvalue weighted by Gasteiger charge is 2.32. The molecule has 0 aliphatic carbocycles. The lowest BCUT2D eigenvalue weighted by Crippen LogP contribution is -2.56. The second-order valence-corrected chi connectivity index (χ2v) is 10.5. The van der Waals surface area contributed by atoms with Crippen LogP contribution in [-0.2, 0) is 11.2 Å². The molecule has 0 fully saturated rings. The van der Waals surface area contributed by atoms with E-state index in [1.165, 1.54) is 5.56 Å². The molecule has 0 aliphatic rings. The van der Waals surface area contributed by atoms with E-state index in [1.54, 1.807) is 13.8 Å². The van der Waals surface area contributed by atoms with Gasteiger partial charge >= 0.3 is 6.03 Å². The third kappa shape index (κ3) is 10.4. The lowest BCUT2D eigenvalue weighted by Gasteiger charge is -2.36. The van der Waals surface area contributed by atoms with Crippen molar-refractivity contribution in [3.63, 3.8) is 0 Å². The number of carbonyl (C=O) groups is 2. The summed E-state index contributed by atoms with van der Waals surface area (Å²) < 4.78 is 0. The van der Waals surface area contributed by atoms with Crippen LogP contribution in [0.4, 0.5) is 4.79 Å². The molecule has 1 rings (SSSR count). The average molecular weight is 454 g/mol. The summed E-state index contributed by atoms with van der Waals surface area (Å²) in [6.07, 6.45) is 1.64. The molecular weight excluding hydrogens is 414 g/mol. The van der Waals surface area contributed by atoms with Crippen molar-refractivity contribution in [2.75, 3.05) is 19.6 Å². The van der Waals surface area contributed by atoms with Gasteiger partial charge in [-0.2, -0.15) is 0 Å². The molecule has 0 saturated heterocycles. The molecule has 1 aromatic carbocycles. The van der Waals surface area contributed by atoms with Gasteiger partial charge in [-0.1, -0.05) is 58.4 Å². The number of nitrogens with zero attached hydrogens (tertiary/aromatic N) is 1. The number of benzene rings is 1. The van der Waals surface area contributed by atoms with Gasteiger partial charge in [-0.25, -0.2) is 4.79 Å². The van der Waals surface area contributed by atoms with E-state index in [0.29, 0.717) is 18.1 Å². The lowest BCUT2D eigenvalue weighted by atomic mass is 9.84. The summed E-state index contributed by atoms with van der Waals surface area (Å²) in [4.78, 5) is 27.6. The third-order valence-corrected chi connectivity index (χ3v) is 5.17. The Balaban J connectivity index is 2.89. The van der Waals surface area contributed by atoms with E-state index in [1.807, 2.05) is 49.9 Å². The summed E-state index contributed by atoms with van der Waals surface area (Å²) in [5.41, 5.74) is 0.000607. The first kappa shape index (κ1) is 27.2. The summed E-state index contributed by atoms with van der Waals surface area (Å²) in [7, 11) is 0. The van der Waals surface area contributed by atoms with Crippen LogP contribution in [0.3, 0.4) is 0 Å². The average Bonchev–Trinajstić information content (AvgIpc) is 2.64. The van der Waals surface area contributed by atoms with E-state index in [9.17, 15) is 14.7 Å². The van der Waals surface area contributed by atoms with Crippen molar-refractivity contribution >= 4 is 23.5 Å². The molecule has 1 atom stereocenters. The van der Waals surface area contributed by atoms with Crippen molar-refractivity contribution in [3.05, 3.63) is 34.9 Å². The topological polar surface area (TPSA) is 81.7 Å². The van der Waals surface area contributed by atoms with Crippen LogP contribution in [-0.4, -0.2) is 53.2 Å². The number of aliphatic hydroxyl groups is 1. The van der Waals surface area contributed by atoms with Crippen LogP contribution in [0.2, 0.25) is 5.02 Å². The van der Waals surface area contributed by atoms with Gasteiger partial charge in [0.2, 0.25) is 5.91 Å². The van der Waals surface area contributed by atoms with Crippen molar-refractivity contribution in [1.82, 2.24) is 15.5 Å². The molecule has 31 heavy (non-hydrogen) atoms. The Labute approximate surface area is 192 Å². The van der Waals surface area contributed by atoms with E-state index in [-0.39, 0.29) is 23.8 Å². The Morgan fingerprint density at radius 1 is 1.13 bits per heavy atom. The summed E-state index contributed by atoms with van der Waals surface area (Å²) >= 11 is 6.00. The quantitative estimate of drug-likeness (QED) is 0.468. The predicted octanol–water partition coefficient (Wildman–Crippen LogP) is 4.24. The Morgan fingerprint density at radius 3 is 2.19 bits per heavy atom. The first-order valence-corrected chi connectivity index (χ1v) is 11.4. The number of halogens is 1. The maximum atomic E-state index is 13.4. The zero-order valence-corrected chi connectivity index (χ0v) is 20.8. The standard InChI is InChI=1S/C24H40ClN3O3/c1-8-13-28(16-23(4,5)14-18-9-11-19(25)12-10-18)21(29)20(17(2)3)27-22(30)26-15-24(6,7)31/h9-12,17,20,31H,8,13-16H2,1-7H3,(H2,26,27,30). The molecule has 0 aromatic heterocycles. The number of hydrogen-bond acceptors (Lipinski definition) is 3. The fourth-order valence-corrected chi connectivity index (χ4v) is 3.59. The molecule has 0 heterocycles. The molecule has 3 N–H and O–H groups in total. The Bertz CT molecular complexity index is 712. The zero-order valence-electron chi connectivity index (χ0n) is 20.1. The van der Waals surface area contributed by atoms with Crippen molar-refractivity contribution in [2.45, 2.75) is 73.0 Å². The van der Waals surface area contributed by atoms with Crippen molar-refractivity contribution < 1.29 is 14.7 Å². The Hall–Kier alpha value is -1.79. The molecule has 0 aliphatic heterocycles. The van der Waals surface area contributed by atoms with Gasteiger partial charge in [0.1, 0.15) is 6.04 Å². The van der Waals surface area contributed by atoms with Crippen LogP contribution < -0.4 is 10.6 Å². The molecular formula is C24H40ClN3O3. The minimum atomic E-state index is -1.02. The van der Waals surface area contributed by atoms with Gasteiger partial charge in [0.15, 0.2) is 0 Å². The molecule has 1 unspecified atom stereocenters. The van der Waals surface area contributed by atoms with E-state index < -0.39 is 17.7 Å². The van der Waals surface area contributed by atoms with E-state index in [4.69, 9.17) is 11.6 Å². The van der Waals surface area contributed by atoms with E-state index in [2.05, 4.69) is 24.5 Å². The summed E-state index contributed by atoms with van der Waals surface area (Å²) in [6.45, 7) is 14.7. The molecule has 3 amide bonds. The summed E-state index contributed by atoms with van der Waals surface area (Å²) in [5.74, 6) is -0.154. The molecule has 6 nitrogen and oxygen atoms in total. The lowest BCUT2D eigenvalue weighted by molar-refractivity contribution is -0.135. The fourth-order valence-electron chi connectivity index (χ4n) is 3.46. The first-order valence-electron chi connectivity index (χ1n) is 11.0. The highest BCUT2D eigenvalue weighted by Crippen LogP contribution is 2.25.